The zero-order valence-corrected chi connectivity index (χ0v) is 12.2. The Hall–Kier alpha value is -1.55. The van der Waals surface area contributed by atoms with Crippen LogP contribution in [0.5, 0.6) is 5.75 Å². The molecule has 0 saturated carbocycles. The largest absolute Gasteiger partial charge is 0.489 e. The van der Waals surface area contributed by atoms with E-state index < -0.39 is 5.54 Å². The predicted octanol–water partition coefficient (Wildman–Crippen LogP) is 2.93. The Morgan fingerprint density at radius 2 is 2.05 bits per heavy atom. The van der Waals surface area contributed by atoms with Gasteiger partial charge in [0, 0.05) is 0 Å². The Morgan fingerprint density at radius 1 is 1.42 bits per heavy atom. The number of nitrogens with one attached hydrogen (secondary N) is 1. The molecule has 0 fully saturated rings. The first kappa shape index (κ1) is 15.5. The maximum Gasteiger partial charge on any atom is 0.244 e. The quantitative estimate of drug-likeness (QED) is 0.830. The summed E-state index contributed by atoms with van der Waals surface area (Å²) in [6, 6.07) is 7.39. The first-order chi connectivity index (χ1) is 8.86. The second-order valence-electron chi connectivity index (χ2n) is 5.28. The van der Waals surface area contributed by atoms with Gasteiger partial charge in [-0.15, -0.1) is 0 Å². The van der Waals surface area contributed by atoms with Gasteiger partial charge in [0.2, 0.25) is 5.91 Å². The molecule has 0 aromatic heterocycles. The van der Waals surface area contributed by atoms with Gasteiger partial charge in [0.1, 0.15) is 5.75 Å². The van der Waals surface area contributed by atoms with E-state index in [1.54, 1.807) is 6.92 Å². The molecule has 1 unspecified atom stereocenters. The van der Waals surface area contributed by atoms with Gasteiger partial charge in [0.15, 0.2) is 0 Å². The van der Waals surface area contributed by atoms with Crippen LogP contribution in [0, 0.1) is 0 Å². The molecule has 0 bridgehead atoms. The second kappa shape index (κ2) is 6.57. The van der Waals surface area contributed by atoms with Crippen molar-refractivity contribution in [3.8, 4) is 5.75 Å². The average Bonchev–Trinajstić information content (AvgIpc) is 2.30. The summed E-state index contributed by atoms with van der Waals surface area (Å²) in [5.41, 5.74) is 5.82. The SMILES string of the molecule is CCCC(C)(N)C(=O)Nc1ccccc1OC(C)C. The summed E-state index contributed by atoms with van der Waals surface area (Å²) in [4.78, 5) is 12.2. The number of carbonyl (C=O) groups excluding carboxylic acids is 1. The Balaban J connectivity index is 2.84. The first-order valence-electron chi connectivity index (χ1n) is 6.73. The van der Waals surface area contributed by atoms with E-state index in [-0.39, 0.29) is 12.0 Å². The van der Waals surface area contributed by atoms with Gasteiger partial charge in [0.25, 0.3) is 0 Å². The molecule has 106 valence electrons. The van der Waals surface area contributed by atoms with E-state index in [0.29, 0.717) is 17.9 Å². The lowest BCUT2D eigenvalue weighted by Gasteiger charge is -2.24. The molecule has 0 aliphatic heterocycles. The second-order valence-corrected chi connectivity index (χ2v) is 5.28. The van der Waals surface area contributed by atoms with Gasteiger partial charge in [-0.25, -0.2) is 0 Å². The summed E-state index contributed by atoms with van der Waals surface area (Å²) in [6.07, 6.45) is 1.56. The third-order valence-electron chi connectivity index (χ3n) is 2.79. The Labute approximate surface area is 115 Å². The summed E-state index contributed by atoms with van der Waals surface area (Å²) < 4.78 is 5.66. The standard InChI is InChI=1S/C15H24N2O2/c1-5-10-15(4,16)14(18)17-12-8-6-7-9-13(12)19-11(2)3/h6-9,11H,5,10,16H2,1-4H3,(H,17,18). The molecule has 0 aliphatic rings. The Bertz CT molecular complexity index is 428. The zero-order valence-electron chi connectivity index (χ0n) is 12.2. The molecule has 1 atom stereocenters. The van der Waals surface area contributed by atoms with Crippen LogP contribution in [0.15, 0.2) is 24.3 Å². The number of anilines is 1. The van der Waals surface area contributed by atoms with Crippen LogP contribution in [0.25, 0.3) is 0 Å². The number of rotatable bonds is 6. The number of ether oxygens (including phenoxy) is 1. The lowest BCUT2D eigenvalue weighted by molar-refractivity contribution is -0.120. The minimum atomic E-state index is -0.861. The van der Waals surface area contributed by atoms with E-state index in [4.69, 9.17) is 10.5 Å². The van der Waals surface area contributed by atoms with Gasteiger partial charge in [0.05, 0.1) is 17.3 Å². The molecule has 4 heteroatoms. The van der Waals surface area contributed by atoms with Crippen molar-refractivity contribution in [1.29, 1.82) is 0 Å². The summed E-state index contributed by atoms with van der Waals surface area (Å²) >= 11 is 0. The molecule has 1 rings (SSSR count). The lowest BCUT2D eigenvalue weighted by atomic mass is 9.96. The van der Waals surface area contributed by atoms with Crippen LogP contribution in [-0.2, 0) is 4.79 Å². The summed E-state index contributed by atoms with van der Waals surface area (Å²) in [5, 5.41) is 2.85. The number of para-hydroxylation sites is 2. The maximum atomic E-state index is 12.2. The van der Waals surface area contributed by atoms with Gasteiger partial charge >= 0.3 is 0 Å². The van der Waals surface area contributed by atoms with Crippen molar-refractivity contribution in [2.24, 2.45) is 5.73 Å². The smallest absolute Gasteiger partial charge is 0.244 e. The fourth-order valence-corrected chi connectivity index (χ4v) is 1.82. The van der Waals surface area contributed by atoms with Gasteiger partial charge in [-0.1, -0.05) is 25.5 Å². The topological polar surface area (TPSA) is 64.4 Å². The number of hydrogen-bond donors (Lipinski definition) is 2. The molecule has 0 spiro atoms. The molecule has 4 nitrogen and oxygen atoms in total. The number of benzene rings is 1. The Morgan fingerprint density at radius 3 is 2.63 bits per heavy atom. The highest BCUT2D eigenvalue weighted by molar-refractivity contribution is 5.98. The van der Waals surface area contributed by atoms with Crippen molar-refractivity contribution in [2.45, 2.75) is 52.2 Å². The van der Waals surface area contributed by atoms with E-state index in [9.17, 15) is 4.79 Å². The monoisotopic (exact) mass is 264 g/mol. The molecule has 0 aliphatic carbocycles. The molecule has 1 aromatic rings. The third kappa shape index (κ3) is 4.56. The summed E-state index contributed by atoms with van der Waals surface area (Å²) in [7, 11) is 0. The van der Waals surface area contributed by atoms with Crippen LogP contribution >= 0.6 is 0 Å². The van der Waals surface area contributed by atoms with Crippen molar-refractivity contribution in [1.82, 2.24) is 0 Å². The maximum absolute atomic E-state index is 12.2. The van der Waals surface area contributed by atoms with Crippen molar-refractivity contribution in [3.05, 3.63) is 24.3 Å². The van der Waals surface area contributed by atoms with Crippen LogP contribution in [0.3, 0.4) is 0 Å². The molecule has 3 N–H and O–H groups in total. The number of hydrogen-bond acceptors (Lipinski definition) is 3. The van der Waals surface area contributed by atoms with Crippen molar-refractivity contribution >= 4 is 11.6 Å². The fraction of sp³-hybridized carbons (Fsp3) is 0.533. The predicted molar refractivity (Wildman–Crippen MR) is 78.3 cm³/mol. The van der Waals surface area contributed by atoms with Crippen molar-refractivity contribution in [3.63, 3.8) is 0 Å². The van der Waals surface area contributed by atoms with E-state index in [1.165, 1.54) is 0 Å². The van der Waals surface area contributed by atoms with Crippen LogP contribution in [-0.4, -0.2) is 17.6 Å². The van der Waals surface area contributed by atoms with Crippen molar-refractivity contribution in [2.75, 3.05) is 5.32 Å². The van der Waals surface area contributed by atoms with Gasteiger partial charge in [-0.3, -0.25) is 4.79 Å². The highest BCUT2D eigenvalue weighted by Crippen LogP contribution is 2.26. The molecule has 0 radical (unpaired) electrons. The van der Waals surface area contributed by atoms with Crippen molar-refractivity contribution < 1.29 is 9.53 Å². The molecule has 0 saturated heterocycles. The lowest BCUT2D eigenvalue weighted by Crippen LogP contribution is -2.48. The van der Waals surface area contributed by atoms with Gasteiger partial charge < -0.3 is 15.8 Å². The minimum Gasteiger partial charge on any atom is -0.489 e. The van der Waals surface area contributed by atoms with Crippen LogP contribution in [0.2, 0.25) is 0 Å². The molecule has 1 aromatic carbocycles. The molecular formula is C15H24N2O2. The summed E-state index contributed by atoms with van der Waals surface area (Å²) in [5.74, 6) is 0.479. The van der Waals surface area contributed by atoms with Gasteiger partial charge in [-0.05, 0) is 39.3 Å². The Kier molecular flexibility index (Phi) is 5.36. The first-order valence-corrected chi connectivity index (χ1v) is 6.73. The highest BCUT2D eigenvalue weighted by Gasteiger charge is 2.27. The van der Waals surface area contributed by atoms with E-state index in [0.717, 1.165) is 6.42 Å². The molecule has 1 amide bonds. The third-order valence-corrected chi connectivity index (χ3v) is 2.79. The molecule has 0 heterocycles. The summed E-state index contributed by atoms with van der Waals surface area (Å²) in [6.45, 7) is 7.65. The number of amides is 1. The fourth-order valence-electron chi connectivity index (χ4n) is 1.82. The van der Waals surface area contributed by atoms with E-state index in [2.05, 4.69) is 5.32 Å². The number of nitrogens with two attached hydrogens (primary N) is 1. The van der Waals surface area contributed by atoms with Crippen LogP contribution in [0.4, 0.5) is 5.69 Å². The normalized spacial score (nSPS) is 14.0. The number of carbonyl (C=O) groups is 1. The van der Waals surface area contributed by atoms with Crippen LogP contribution < -0.4 is 15.8 Å². The van der Waals surface area contributed by atoms with Crippen LogP contribution in [0.1, 0.15) is 40.5 Å². The minimum absolute atomic E-state index is 0.0537. The van der Waals surface area contributed by atoms with Gasteiger partial charge in [-0.2, -0.15) is 0 Å². The zero-order chi connectivity index (χ0) is 14.5. The van der Waals surface area contributed by atoms with E-state index in [1.807, 2.05) is 45.0 Å². The van der Waals surface area contributed by atoms with E-state index >= 15 is 0 Å². The molecular weight excluding hydrogens is 240 g/mol. The highest BCUT2D eigenvalue weighted by atomic mass is 16.5. The molecule has 19 heavy (non-hydrogen) atoms. The average molecular weight is 264 g/mol.